The predicted octanol–water partition coefficient (Wildman–Crippen LogP) is 2.42. The summed E-state index contributed by atoms with van der Waals surface area (Å²) < 4.78 is 23.5. The van der Waals surface area contributed by atoms with E-state index in [2.05, 4.69) is 23.5 Å². The molecule has 4 atom stereocenters. The second-order valence-electron chi connectivity index (χ2n) is 5.25. The lowest BCUT2D eigenvalue weighted by Gasteiger charge is -2.41. The van der Waals surface area contributed by atoms with Gasteiger partial charge in [0.05, 0.1) is 13.2 Å². The van der Waals surface area contributed by atoms with E-state index >= 15 is 0 Å². The van der Waals surface area contributed by atoms with Crippen molar-refractivity contribution in [1.82, 2.24) is 0 Å². The van der Waals surface area contributed by atoms with E-state index in [1.165, 1.54) is 23.0 Å². The fraction of sp³-hybridized carbons (Fsp3) is 1.00. The Morgan fingerprint density at radius 1 is 0.545 bits per heavy atom. The van der Waals surface area contributed by atoms with Crippen LogP contribution in [-0.2, 0) is 18.9 Å². The molecule has 4 bridgehead atoms. The van der Waals surface area contributed by atoms with Crippen molar-refractivity contribution in [2.45, 2.75) is 24.8 Å². The van der Waals surface area contributed by atoms with E-state index in [1.807, 2.05) is 23.5 Å². The summed E-state index contributed by atoms with van der Waals surface area (Å²) in [6.45, 7) is 1.26. The van der Waals surface area contributed by atoms with Gasteiger partial charge in [0, 0.05) is 46.0 Å². The van der Waals surface area contributed by atoms with Crippen LogP contribution in [0.3, 0.4) is 0 Å². The van der Waals surface area contributed by atoms with Crippen LogP contribution in [0.25, 0.3) is 0 Å². The molecular weight excluding hydrogens is 360 g/mol. The van der Waals surface area contributed by atoms with Crippen LogP contribution in [0.1, 0.15) is 0 Å². The van der Waals surface area contributed by atoms with E-state index in [-0.39, 0.29) is 24.8 Å². The maximum atomic E-state index is 5.97. The number of hydrogen-bond acceptors (Lipinski definition) is 8. The highest BCUT2D eigenvalue weighted by molar-refractivity contribution is 8.05. The standard InChI is InChI=1S/C14H24O4S4/c1-2-20-4-6-22-10-14-16-8-11-12(18-14)7-15-13(17-11)9-21-5-3-19-1/h11-14H,1-10H2/t11-,12-,13+,14+/m1/s1. The summed E-state index contributed by atoms with van der Waals surface area (Å²) in [6.07, 6.45) is -0.151. The van der Waals surface area contributed by atoms with Gasteiger partial charge in [-0.1, -0.05) is 0 Å². The Balaban J connectivity index is 1.48. The minimum atomic E-state index is -0.108. The molecule has 0 N–H and O–H groups in total. The van der Waals surface area contributed by atoms with Crippen molar-refractivity contribution >= 4 is 47.0 Å². The number of thioether (sulfide) groups is 4. The van der Waals surface area contributed by atoms with Gasteiger partial charge in [0.2, 0.25) is 0 Å². The molecule has 5 fully saturated rings. The molecule has 5 aliphatic rings. The van der Waals surface area contributed by atoms with E-state index in [9.17, 15) is 0 Å². The SMILES string of the molecule is C1CSCCSC[C@H]2OC[C@H]3O[C@@H](CSCCS1)OC[C@H]3O2. The molecule has 0 unspecified atom stereocenters. The predicted molar refractivity (Wildman–Crippen MR) is 98.5 cm³/mol. The van der Waals surface area contributed by atoms with Crippen molar-refractivity contribution in [2.75, 3.05) is 59.2 Å². The highest BCUT2D eigenvalue weighted by atomic mass is 32.2. The average Bonchev–Trinajstić information content (AvgIpc) is 2.55. The molecule has 0 aromatic heterocycles. The summed E-state index contributed by atoms with van der Waals surface area (Å²) >= 11 is 7.95. The van der Waals surface area contributed by atoms with Crippen LogP contribution in [0.2, 0.25) is 0 Å². The van der Waals surface area contributed by atoms with Crippen molar-refractivity contribution in [3.05, 3.63) is 0 Å². The molecule has 0 aromatic rings. The average molecular weight is 385 g/mol. The second kappa shape index (κ2) is 10.3. The van der Waals surface area contributed by atoms with Crippen molar-refractivity contribution in [3.8, 4) is 0 Å². The maximum absolute atomic E-state index is 5.97. The first-order valence-corrected chi connectivity index (χ1v) is 12.4. The molecular formula is C14H24O4S4. The quantitative estimate of drug-likeness (QED) is 0.630. The first-order chi connectivity index (χ1) is 10.9. The third-order valence-corrected chi connectivity index (χ3v) is 8.33. The highest BCUT2D eigenvalue weighted by Gasteiger charge is 2.38. The van der Waals surface area contributed by atoms with Crippen LogP contribution in [-0.4, -0.2) is 84.0 Å². The number of ether oxygens (including phenoxy) is 4. The number of rotatable bonds is 0. The van der Waals surface area contributed by atoms with E-state index in [4.69, 9.17) is 18.9 Å². The van der Waals surface area contributed by atoms with E-state index in [1.54, 1.807) is 0 Å². The van der Waals surface area contributed by atoms with E-state index in [0.29, 0.717) is 13.2 Å². The Labute approximate surface area is 149 Å². The minimum Gasteiger partial charge on any atom is -0.349 e. The third-order valence-electron chi connectivity index (χ3n) is 3.58. The topological polar surface area (TPSA) is 36.9 Å². The Kier molecular flexibility index (Phi) is 8.43. The first-order valence-electron chi connectivity index (χ1n) is 7.77. The van der Waals surface area contributed by atoms with Crippen molar-refractivity contribution in [3.63, 3.8) is 0 Å². The minimum absolute atomic E-state index is 0.0319. The van der Waals surface area contributed by atoms with Gasteiger partial charge in [-0.3, -0.25) is 0 Å². The van der Waals surface area contributed by atoms with E-state index < -0.39 is 0 Å². The van der Waals surface area contributed by atoms with Gasteiger partial charge in [0.15, 0.2) is 12.6 Å². The first kappa shape index (κ1) is 18.0. The zero-order valence-corrected chi connectivity index (χ0v) is 15.9. The highest BCUT2D eigenvalue weighted by Crippen LogP contribution is 2.26. The fourth-order valence-electron chi connectivity index (χ4n) is 2.43. The molecule has 128 valence electrons. The molecule has 0 saturated carbocycles. The van der Waals surface area contributed by atoms with Gasteiger partial charge in [-0.15, -0.1) is 0 Å². The van der Waals surface area contributed by atoms with Gasteiger partial charge in [-0.25, -0.2) is 0 Å². The molecule has 0 spiro atoms. The summed E-state index contributed by atoms with van der Waals surface area (Å²) in [5.74, 6) is 9.07. The molecule has 0 radical (unpaired) electrons. The lowest BCUT2D eigenvalue weighted by atomic mass is 10.2. The Morgan fingerprint density at radius 2 is 0.955 bits per heavy atom. The number of hydrogen-bond donors (Lipinski definition) is 0. The molecule has 0 aliphatic carbocycles. The summed E-state index contributed by atoms with van der Waals surface area (Å²) in [4.78, 5) is 0. The number of fused-ring (bicyclic) bond motifs is 2. The van der Waals surface area contributed by atoms with Crippen LogP contribution >= 0.6 is 47.0 Å². The van der Waals surface area contributed by atoms with Crippen LogP contribution in [0.15, 0.2) is 0 Å². The molecule has 4 nitrogen and oxygen atoms in total. The molecule has 5 saturated heterocycles. The summed E-state index contributed by atoms with van der Waals surface area (Å²) in [6, 6.07) is 0. The van der Waals surface area contributed by atoms with Gasteiger partial charge < -0.3 is 18.9 Å². The molecule has 22 heavy (non-hydrogen) atoms. The zero-order chi connectivity index (χ0) is 15.0. The van der Waals surface area contributed by atoms with Gasteiger partial charge in [-0.05, 0) is 0 Å². The van der Waals surface area contributed by atoms with E-state index in [0.717, 1.165) is 23.0 Å². The molecule has 5 rings (SSSR count). The summed E-state index contributed by atoms with van der Waals surface area (Å²) in [5, 5.41) is 0. The molecule has 0 amide bonds. The van der Waals surface area contributed by atoms with Crippen LogP contribution in [0, 0.1) is 0 Å². The zero-order valence-electron chi connectivity index (χ0n) is 12.6. The smallest absolute Gasteiger partial charge is 0.167 e. The van der Waals surface area contributed by atoms with Crippen LogP contribution < -0.4 is 0 Å². The Hall–Kier alpha value is 1.24. The largest absolute Gasteiger partial charge is 0.349 e. The van der Waals surface area contributed by atoms with Crippen molar-refractivity contribution in [1.29, 1.82) is 0 Å². The normalized spacial score (nSPS) is 39.3. The molecule has 0 aromatic carbocycles. The second-order valence-corrected chi connectivity index (χ2v) is 10.00. The van der Waals surface area contributed by atoms with Crippen molar-refractivity contribution < 1.29 is 18.9 Å². The summed E-state index contributed by atoms with van der Waals surface area (Å²) in [7, 11) is 0. The van der Waals surface area contributed by atoms with Gasteiger partial charge in [0.1, 0.15) is 12.2 Å². The maximum Gasteiger partial charge on any atom is 0.167 e. The van der Waals surface area contributed by atoms with Gasteiger partial charge in [-0.2, -0.15) is 47.0 Å². The molecule has 8 heteroatoms. The lowest BCUT2D eigenvalue weighted by Crippen LogP contribution is -2.54. The lowest BCUT2D eigenvalue weighted by molar-refractivity contribution is -0.326. The van der Waals surface area contributed by atoms with Crippen LogP contribution in [0.4, 0.5) is 0 Å². The Bertz CT molecular complexity index is 289. The summed E-state index contributed by atoms with van der Waals surface area (Å²) in [5.41, 5.74) is 0. The third kappa shape index (κ3) is 5.95. The fourth-order valence-corrected chi connectivity index (χ4v) is 6.74. The van der Waals surface area contributed by atoms with Crippen molar-refractivity contribution in [2.24, 2.45) is 0 Å². The van der Waals surface area contributed by atoms with Gasteiger partial charge in [0.25, 0.3) is 0 Å². The molecule has 5 aliphatic heterocycles. The Morgan fingerprint density at radius 3 is 1.41 bits per heavy atom. The van der Waals surface area contributed by atoms with Gasteiger partial charge >= 0.3 is 0 Å². The van der Waals surface area contributed by atoms with Crippen LogP contribution in [0.5, 0.6) is 0 Å². The monoisotopic (exact) mass is 384 g/mol. The molecule has 5 heterocycles.